The van der Waals surface area contributed by atoms with Crippen molar-refractivity contribution in [1.82, 2.24) is 9.66 Å². The van der Waals surface area contributed by atoms with Gasteiger partial charge in [-0.1, -0.05) is 41.9 Å². The van der Waals surface area contributed by atoms with Crippen molar-refractivity contribution in [3.8, 4) is 5.75 Å². The van der Waals surface area contributed by atoms with Crippen LogP contribution in [-0.4, -0.2) is 20.8 Å². The lowest BCUT2D eigenvalue weighted by molar-refractivity contribution is -0.384. The first kappa shape index (κ1) is 26.0. The van der Waals surface area contributed by atoms with E-state index in [4.69, 9.17) is 9.72 Å². The Bertz CT molecular complexity index is 1540. The van der Waals surface area contributed by atoms with Crippen molar-refractivity contribution in [2.75, 3.05) is 0 Å². The summed E-state index contributed by atoms with van der Waals surface area (Å²) in [5.74, 6) is 1.31. The number of rotatable bonds is 8. The summed E-state index contributed by atoms with van der Waals surface area (Å²) in [7, 11) is 0. The highest BCUT2D eigenvalue weighted by Gasteiger charge is 2.16. The van der Waals surface area contributed by atoms with Crippen LogP contribution in [0.25, 0.3) is 10.9 Å². The fourth-order valence-corrected chi connectivity index (χ4v) is 4.59. The monoisotopic (exact) mass is 660 g/mol. The molecule has 36 heavy (non-hydrogen) atoms. The van der Waals surface area contributed by atoms with Gasteiger partial charge in [0.05, 0.1) is 25.6 Å². The Kier molecular flexibility index (Phi) is 8.14. The molecule has 0 N–H and O–H groups in total. The molecule has 0 unspecified atom stereocenters. The molecular weight excluding hydrogens is 639 g/mol. The Morgan fingerprint density at radius 2 is 2.03 bits per heavy atom. The van der Waals surface area contributed by atoms with Crippen molar-refractivity contribution in [1.29, 1.82) is 0 Å². The fourth-order valence-electron chi connectivity index (χ4n) is 3.54. The Balaban J connectivity index is 1.60. The third kappa shape index (κ3) is 5.81. The van der Waals surface area contributed by atoms with Gasteiger partial charge in [0.15, 0.2) is 0 Å². The van der Waals surface area contributed by atoms with Crippen LogP contribution in [0.3, 0.4) is 0 Å². The SMILES string of the molecule is CC[C@H](C)c1nc2ccc(Br)cc2c(=O)n1N=Cc1ccc(OCc2cccc([N+](=O)[O-])c2)c(I)c1. The molecule has 0 aliphatic carbocycles. The molecule has 4 rings (SSSR count). The maximum absolute atomic E-state index is 13.3. The quantitative estimate of drug-likeness (QED) is 0.0912. The van der Waals surface area contributed by atoms with Crippen LogP contribution in [0.15, 0.2) is 75.0 Å². The van der Waals surface area contributed by atoms with Gasteiger partial charge in [-0.15, -0.1) is 0 Å². The molecule has 4 aromatic rings. The normalized spacial score (nSPS) is 12.2. The molecule has 184 valence electrons. The van der Waals surface area contributed by atoms with E-state index in [1.807, 2.05) is 44.2 Å². The number of benzene rings is 3. The summed E-state index contributed by atoms with van der Waals surface area (Å²) in [5, 5.41) is 16.0. The highest BCUT2D eigenvalue weighted by atomic mass is 127. The number of ether oxygens (including phenoxy) is 1. The van der Waals surface area contributed by atoms with Crippen molar-refractivity contribution < 1.29 is 9.66 Å². The van der Waals surface area contributed by atoms with Crippen LogP contribution in [0.5, 0.6) is 5.75 Å². The minimum atomic E-state index is -0.427. The van der Waals surface area contributed by atoms with Gasteiger partial charge in [0.2, 0.25) is 0 Å². The highest BCUT2D eigenvalue weighted by molar-refractivity contribution is 14.1. The number of halogens is 2. The van der Waals surface area contributed by atoms with Crippen LogP contribution in [0.4, 0.5) is 5.69 Å². The summed E-state index contributed by atoms with van der Waals surface area (Å²) in [6.07, 6.45) is 2.45. The number of nitro benzene ring substituents is 1. The van der Waals surface area contributed by atoms with Crippen LogP contribution in [0.2, 0.25) is 0 Å². The van der Waals surface area contributed by atoms with Crippen LogP contribution < -0.4 is 10.3 Å². The molecule has 8 nitrogen and oxygen atoms in total. The van der Waals surface area contributed by atoms with Gasteiger partial charge in [0.25, 0.3) is 11.2 Å². The molecule has 0 amide bonds. The first-order valence-electron chi connectivity index (χ1n) is 11.2. The first-order chi connectivity index (χ1) is 17.3. The molecule has 0 saturated carbocycles. The molecule has 0 spiro atoms. The second-order valence-electron chi connectivity index (χ2n) is 8.21. The summed E-state index contributed by atoms with van der Waals surface area (Å²) in [6, 6.07) is 17.4. The minimum Gasteiger partial charge on any atom is -0.488 e. The second kappa shape index (κ2) is 11.3. The molecule has 0 radical (unpaired) electrons. The number of nitrogens with zero attached hydrogens (tertiary/aromatic N) is 4. The van der Waals surface area contributed by atoms with E-state index in [-0.39, 0.29) is 23.8 Å². The number of nitro groups is 1. The number of hydrogen-bond acceptors (Lipinski definition) is 6. The van der Waals surface area contributed by atoms with E-state index in [1.54, 1.807) is 24.4 Å². The number of hydrogen-bond donors (Lipinski definition) is 0. The summed E-state index contributed by atoms with van der Waals surface area (Å²) < 4.78 is 8.90. The van der Waals surface area contributed by atoms with Crippen molar-refractivity contribution in [2.24, 2.45) is 5.10 Å². The Morgan fingerprint density at radius 3 is 2.75 bits per heavy atom. The predicted molar refractivity (Wildman–Crippen MR) is 152 cm³/mol. The number of fused-ring (bicyclic) bond motifs is 1. The molecule has 0 aliphatic heterocycles. The van der Waals surface area contributed by atoms with Gasteiger partial charge in [0.1, 0.15) is 18.2 Å². The molecule has 3 aromatic carbocycles. The first-order valence-corrected chi connectivity index (χ1v) is 13.1. The molecule has 1 aromatic heterocycles. The van der Waals surface area contributed by atoms with Gasteiger partial charge in [-0.3, -0.25) is 14.9 Å². The van der Waals surface area contributed by atoms with Gasteiger partial charge in [0, 0.05) is 22.5 Å². The maximum atomic E-state index is 13.3. The van der Waals surface area contributed by atoms with Crippen molar-refractivity contribution in [3.63, 3.8) is 0 Å². The summed E-state index contributed by atoms with van der Waals surface area (Å²) >= 11 is 5.59. The van der Waals surface area contributed by atoms with E-state index < -0.39 is 4.92 Å². The van der Waals surface area contributed by atoms with Crippen molar-refractivity contribution in [2.45, 2.75) is 32.8 Å². The average Bonchev–Trinajstić information content (AvgIpc) is 2.87. The van der Waals surface area contributed by atoms with E-state index in [0.29, 0.717) is 28.0 Å². The minimum absolute atomic E-state index is 0.0277. The third-order valence-electron chi connectivity index (χ3n) is 5.68. The lowest BCUT2D eigenvalue weighted by Crippen LogP contribution is -2.23. The standard InChI is InChI=1S/C26H22BrIN4O4/c1-3-16(2)25-30-23-9-8-19(27)13-21(23)26(33)31(25)29-14-17-7-10-24(22(28)12-17)36-15-18-5-4-6-20(11-18)32(34)35/h4-14,16H,3,15H2,1-2H3/t16-/m0/s1. The van der Waals surface area contributed by atoms with Gasteiger partial charge >= 0.3 is 0 Å². The smallest absolute Gasteiger partial charge is 0.282 e. The van der Waals surface area contributed by atoms with Crippen molar-refractivity contribution in [3.05, 3.63) is 106 Å². The van der Waals surface area contributed by atoms with E-state index in [9.17, 15) is 14.9 Å². The largest absolute Gasteiger partial charge is 0.488 e. The molecule has 10 heteroatoms. The summed E-state index contributed by atoms with van der Waals surface area (Å²) in [6.45, 7) is 4.28. The Labute approximate surface area is 229 Å². The van der Waals surface area contributed by atoms with Gasteiger partial charge < -0.3 is 4.74 Å². The van der Waals surface area contributed by atoms with E-state index in [0.717, 1.165) is 20.0 Å². The fraction of sp³-hybridized carbons (Fsp3) is 0.192. The van der Waals surface area contributed by atoms with Crippen LogP contribution in [0.1, 0.15) is 43.1 Å². The number of non-ortho nitro benzene ring substituents is 1. The van der Waals surface area contributed by atoms with Crippen LogP contribution >= 0.6 is 38.5 Å². The van der Waals surface area contributed by atoms with E-state index in [1.165, 1.54) is 16.8 Å². The zero-order valence-corrected chi connectivity index (χ0v) is 23.3. The van der Waals surface area contributed by atoms with E-state index in [2.05, 4.69) is 43.6 Å². The summed E-state index contributed by atoms with van der Waals surface area (Å²) in [5.41, 5.74) is 1.94. The number of aromatic nitrogens is 2. The molecule has 0 fully saturated rings. The average molecular weight is 661 g/mol. The lowest BCUT2D eigenvalue weighted by atomic mass is 10.1. The van der Waals surface area contributed by atoms with E-state index >= 15 is 0 Å². The summed E-state index contributed by atoms with van der Waals surface area (Å²) in [4.78, 5) is 28.6. The topological polar surface area (TPSA) is 99.6 Å². The molecule has 0 aliphatic rings. The highest BCUT2D eigenvalue weighted by Crippen LogP contribution is 2.24. The zero-order chi connectivity index (χ0) is 25.8. The van der Waals surface area contributed by atoms with Crippen LogP contribution in [0, 0.1) is 13.7 Å². The molecule has 0 bridgehead atoms. The second-order valence-corrected chi connectivity index (χ2v) is 10.3. The molecule has 1 heterocycles. The van der Waals surface area contributed by atoms with Gasteiger partial charge in [-0.2, -0.15) is 9.78 Å². The molecule has 1 atom stereocenters. The molecular formula is C26H22BrIN4O4. The van der Waals surface area contributed by atoms with Gasteiger partial charge in [-0.05, 0) is 76.5 Å². The Hall–Kier alpha value is -3.12. The lowest BCUT2D eigenvalue weighted by Gasteiger charge is -2.14. The predicted octanol–water partition coefficient (Wildman–Crippen LogP) is 6.65. The van der Waals surface area contributed by atoms with Gasteiger partial charge in [-0.25, -0.2) is 4.98 Å². The Morgan fingerprint density at radius 1 is 1.22 bits per heavy atom. The molecule has 0 saturated heterocycles. The van der Waals surface area contributed by atoms with Crippen LogP contribution in [-0.2, 0) is 6.61 Å². The zero-order valence-electron chi connectivity index (χ0n) is 19.5. The van der Waals surface area contributed by atoms with Crippen molar-refractivity contribution >= 4 is 61.3 Å². The third-order valence-corrected chi connectivity index (χ3v) is 7.02. The maximum Gasteiger partial charge on any atom is 0.282 e.